The first-order chi connectivity index (χ1) is 10.1. The maximum absolute atomic E-state index is 13.2. The Kier molecular flexibility index (Phi) is 6.74. The molecule has 2 N–H and O–H groups in total. The van der Waals surface area contributed by atoms with Crippen LogP contribution in [0.3, 0.4) is 0 Å². The maximum atomic E-state index is 13.2. The highest BCUT2D eigenvalue weighted by atomic mass is 19.4. The van der Waals surface area contributed by atoms with Crippen molar-refractivity contribution in [2.45, 2.75) is 45.0 Å². The first-order valence-corrected chi connectivity index (χ1v) is 6.97. The minimum absolute atomic E-state index is 0.146. The zero-order valence-electron chi connectivity index (χ0n) is 12.4. The van der Waals surface area contributed by atoms with Gasteiger partial charge < -0.3 is 10.4 Å². The van der Waals surface area contributed by atoms with E-state index in [-0.39, 0.29) is 18.1 Å². The van der Waals surface area contributed by atoms with Crippen molar-refractivity contribution in [2.75, 3.05) is 6.61 Å². The van der Waals surface area contributed by atoms with E-state index in [1.807, 2.05) is 13.8 Å². The summed E-state index contributed by atoms with van der Waals surface area (Å²) >= 11 is 0. The summed E-state index contributed by atoms with van der Waals surface area (Å²) in [5.74, 6) is 0.157. The van der Waals surface area contributed by atoms with Crippen molar-refractivity contribution in [3.8, 4) is 0 Å². The Morgan fingerprint density at radius 2 is 1.82 bits per heavy atom. The largest absolute Gasteiger partial charge is 0.416 e. The minimum atomic E-state index is -4.59. The van der Waals surface area contributed by atoms with Gasteiger partial charge in [0.05, 0.1) is 18.2 Å². The highest BCUT2D eigenvalue weighted by molar-refractivity contribution is 5.28. The average Bonchev–Trinajstić information content (AvgIpc) is 2.41. The van der Waals surface area contributed by atoms with E-state index < -0.39 is 30.2 Å². The molecule has 0 aliphatic carbocycles. The molecule has 0 aliphatic heterocycles. The first-order valence-electron chi connectivity index (χ1n) is 6.97. The Morgan fingerprint density at radius 1 is 1.18 bits per heavy atom. The molecule has 0 aliphatic rings. The van der Waals surface area contributed by atoms with Gasteiger partial charge in [0.15, 0.2) is 0 Å². The highest BCUT2D eigenvalue weighted by Crippen LogP contribution is 2.32. The molecule has 2 nitrogen and oxygen atoms in total. The molecule has 1 aromatic carbocycles. The SMILES string of the molecule is CC(C)C[C@@H](CO)N[C@@H](c1cccc(C(F)(F)F)c1)C(F)F. The summed E-state index contributed by atoms with van der Waals surface area (Å²) in [7, 11) is 0. The number of aliphatic hydroxyl groups excluding tert-OH is 1. The third kappa shape index (κ3) is 5.53. The van der Waals surface area contributed by atoms with Crippen molar-refractivity contribution in [3.63, 3.8) is 0 Å². The fourth-order valence-electron chi connectivity index (χ4n) is 2.24. The van der Waals surface area contributed by atoms with E-state index in [2.05, 4.69) is 5.32 Å². The van der Waals surface area contributed by atoms with Gasteiger partial charge in [-0.1, -0.05) is 26.0 Å². The standard InChI is InChI=1S/C15H20F5NO/c1-9(2)6-12(8-22)21-13(14(16)17)10-4-3-5-11(7-10)15(18,19)20/h3-5,7,9,12-14,21-22H,6,8H2,1-2H3/t12-,13-/m0/s1. The number of hydrogen-bond acceptors (Lipinski definition) is 2. The van der Waals surface area contributed by atoms with Gasteiger partial charge in [-0.05, 0) is 30.0 Å². The predicted molar refractivity (Wildman–Crippen MR) is 73.7 cm³/mol. The maximum Gasteiger partial charge on any atom is 0.416 e. The van der Waals surface area contributed by atoms with E-state index in [0.717, 1.165) is 12.1 Å². The normalized spacial score (nSPS) is 15.4. The van der Waals surface area contributed by atoms with Gasteiger partial charge >= 0.3 is 6.18 Å². The molecule has 22 heavy (non-hydrogen) atoms. The summed E-state index contributed by atoms with van der Waals surface area (Å²) < 4.78 is 64.5. The van der Waals surface area contributed by atoms with Crippen LogP contribution in [0.1, 0.15) is 37.4 Å². The van der Waals surface area contributed by atoms with E-state index in [1.54, 1.807) is 0 Å². The summed E-state index contributed by atoms with van der Waals surface area (Å²) in [6.07, 6.45) is -7.03. The van der Waals surface area contributed by atoms with Crippen LogP contribution in [0.25, 0.3) is 0 Å². The van der Waals surface area contributed by atoms with E-state index >= 15 is 0 Å². The van der Waals surface area contributed by atoms with Gasteiger partial charge in [-0.15, -0.1) is 0 Å². The number of aliphatic hydroxyl groups is 1. The van der Waals surface area contributed by atoms with Crippen LogP contribution in [0.5, 0.6) is 0 Å². The second-order valence-electron chi connectivity index (χ2n) is 5.61. The number of hydrogen-bond donors (Lipinski definition) is 2. The monoisotopic (exact) mass is 325 g/mol. The molecule has 2 atom stereocenters. The second kappa shape index (κ2) is 7.87. The zero-order valence-corrected chi connectivity index (χ0v) is 12.4. The van der Waals surface area contributed by atoms with Gasteiger partial charge in [0.2, 0.25) is 0 Å². The van der Waals surface area contributed by atoms with Gasteiger partial charge in [0, 0.05) is 6.04 Å². The van der Waals surface area contributed by atoms with Crippen molar-refractivity contribution in [2.24, 2.45) is 5.92 Å². The van der Waals surface area contributed by atoms with Gasteiger partial charge in [0.25, 0.3) is 6.43 Å². The number of nitrogens with one attached hydrogen (secondary N) is 1. The van der Waals surface area contributed by atoms with E-state index in [9.17, 15) is 27.1 Å². The summed E-state index contributed by atoms with van der Waals surface area (Å²) in [4.78, 5) is 0. The number of rotatable bonds is 7. The molecule has 0 unspecified atom stereocenters. The van der Waals surface area contributed by atoms with Crippen LogP contribution in [0.4, 0.5) is 22.0 Å². The molecule has 0 radical (unpaired) electrons. The van der Waals surface area contributed by atoms with Gasteiger partial charge in [-0.25, -0.2) is 8.78 Å². The van der Waals surface area contributed by atoms with Crippen LogP contribution in [-0.2, 0) is 6.18 Å². The zero-order chi connectivity index (χ0) is 16.9. The molecule has 126 valence electrons. The van der Waals surface area contributed by atoms with Crippen molar-refractivity contribution in [1.82, 2.24) is 5.32 Å². The lowest BCUT2D eigenvalue weighted by Crippen LogP contribution is -2.39. The third-order valence-corrected chi connectivity index (χ3v) is 3.22. The van der Waals surface area contributed by atoms with Crippen LogP contribution in [0.2, 0.25) is 0 Å². The van der Waals surface area contributed by atoms with E-state index in [1.165, 1.54) is 6.07 Å². The Morgan fingerprint density at radius 3 is 2.27 bits per heavy atom. The quantitative estimate of drug-likeness (QED) is 0.743. The lowest BCUT2D eigenvalue weighted by Gasteiger charge is -2.26. The summed E-state index contributed by atoms with van der Waals surface area (Å²) in [6, 6.07) is 1.72. The molecular weight excluding hydrogens is 305 g/mol. The molecule has 0 spiro atoms. The molecule has 0 heterocycles. The molecule has 0 amide bonds. The van der Waals surface area contributed by atoms with Crippen LogP contribution < -0.4 is 5.32 Å². The Balaban J connectivity index is 3.00. The van der Waals surface area contributed by atoms with Gasteiger partial charge in [-0.2, -0.15) is 13.2 Å². The molecule has 0 saturated heterocycles. The Labute approximate surface area is 126 Å². The smallest absolute Gasteiger partial charge is 0.395 e. The Bertz CT molecular complexity index is 461. The molecular formula is C15H20F5NO. The predicted octanol–water partition coefficient (Wildman–Crippen LogP) is 4.01. The second-order valence-corrected chi connectivity index (χ2v) is 5.61. The summed E-state index contributed by atoms with van der Waals surface area (Å²) in [5.41, 5.74) is -1.12. The van der Waals surface area contributed by atoms with Crippen molar-refractivity contribution in [3.05, 3.63) is 35.4 Å². The topological polar surface area (TPSA) is 32.3 Å². The lowest BCUT2D eigenvalue weighted by atomic mass is 10.00. The van der Waals surface area contributed by atoms with Crippen LogP contribution in [0.15, 0.2) is 24.3 Å². The van der Waals surface area contributed by atoms with Crippen LogP contribution in [0, 0.1) is 5.92 Å². The molecule has 7 heteroatoms. The molecule has 0 aromatic heterocycles. The van der Waals surface area contributed by atoms with E-state index in [4.69, 9.17) is 0 Å². The van der Waals surface area contributed by atoms with Crippen molar-refractivity contribution < 1.29 is 27.1 Å². The lowest BCUT2D eigenvalue weighted by molar-refractivity contribution is -0.137. The fraction of sp³-hybridized carbons (Fsp3) is 0.600. The molecule has 0 fully saturated rings. The van der Waals surface area contributed by atoms with Gasteiger partial charge in [0.1, 0.15) is 0 Å². The fourth-order valence-corrected chi connectivity index (χ4v) is 2.24. The molecule has 1 aromatic rings. The van der Waals surface area contributed by atoms with Gasteiger partial charge in [-0.3, -0.25) is 0 Å². The van der Waals surface area contributed by atoms with Crippen LogP contribution in [-0.4, -0.2) is 24.2 Å². The molecule has 0 bridgehead atoms. The number of benzene rings is 1. The number of alkyl halides is 5. The number of halogens is 5. The van der Waals surface area contributed by atoms with Crippen molar-refractivity contribution >= 4 is 0 Å². The molecule has 0 saturated carbocycles. The summed E-state index contributed by atoms with van der Waals surface area (Å²) in [5, 5.41) is 11.8. The summed E-state index contributed by atoms with van der Waals surface area (Å²) in [6.45, 7) is 3.37. The minimum Gasteiger partial charge on any atom is -0.395 e. The van der Waals surface area contributed by atoms with Crippen LogP contribution >= 0.6 is 0 Å². The highest BCUT2D eigenvalue weighted by Gasteiger charge is 2.32. The average molecular weight is 325 g/mol. The van der Waals surface area contributed by atoms with Crippen molar-refractivity contribution in [1.29, 1.82) is 0 Å². The first kappa shape index (κ1) is 18.8. The third-order valence-electron chi connectivity index (χ3n) is 3.22. The van der Waals surface area contributed by atoms with E-state index in [0.29, 0.717) is 12.5 Å². The molecule has 1 rings (SSSR count). The Hall–Kier alpha value is -1.21.